The number of likely N-dealkylation sites (tertiary alicyclic amines) is 1. The Bertz CT molecular complexity index is 730. The Balaban J connectivity index is 1.66. The van der Waals surface area contributed by atoms with Gasteiger partial charge in [-0.3, -0.25) is 9.59 Å². The summed E-state index contributed by atoms with van der Waals surface area (Å²) in [5, 5.41) is 4.22. The molecule has 6 heteroatoms. The fraction of sp³-hybridized carbons (Fsp3) is 0.375. The Labute approximate surface area is 132 Å². The van der Waals surface area contributed by atoms with Gasteiger partial charge in [-0.15, -0.1) is 0 Å². The van der Waals surface area contributed by atoms with Crippen LogP contribution in [0.15, 0.2) is 33.9 Å². The second-order valence-corrected chi connectivity index (χ2v) is 6.39. The first kappa shape index (κ1) is 14.8. The van der Waals surface area contributed by atoms with Crippen molar-refractivity contribution < 1.29 is 9.53 Å². The van der Waals surface area contributed by atoms with Crippen molar-refractivity contribution in [2.24, 2.45) is 13.0 Å². The Hall–Kier alpha value is -2.08. The lowest BCUT2D eigenvalue weighted by atomic mass is 9.93. The van der Waals surface area contributed by atoms with Crippen LogP contribution in [0.4, 0.5) is 0 Å². The number of carbonyl (C=O) groups excluding carboxylic acids is 1. The maximum Gasteiger partial charge on any atom is 0.270 e. The first-order valence-electron chi connectivity index (χ1n) is 7.13. The molecule has 0 atom stereocenters. The summed E-state index contributed by atoms with van der Waals surface area (Å²) in [6.07, 6.45) is 2.56. The van der Waals surface area contributed by atoms with Gasteiger partial charge in [0.05, 0.1) is 13.3 Å². The van der Waals surface area contributed by atoms with Gasteiger partial charge in [0.25, 0.3) is 5.91 Å². The average Bonchev–Trinajstić information content (AvgIpc) is 2.96. The van der Waals surface area contributed by atoms with Crippen molar-refractivity contribution in [3.05, 3.63) is 50.6 Å². The van der Waals surface area contributed by atoms with Gasteiger partial charge in [0.2, 0.25) is 5.43 Å². The van der Waals surface area contributed by atoms with Gasteiger partial charge < -0.3 is 14.2 Å². The number of nitrogens with zero attached hydrogens (tertiary/aromatic N) is 2. The molecule has 1 aliphatic rings. The van der Waals surface area contributed by atoms with Crippen molar-refractivity contribution in [1.29, 1.82) is 0 Å². The second kappa shape index (κ2) is 5.96. The monoisotopic (exact) mass is 318 g/mol. The quantitative estimate of drug-likeness (QED) is 0.863. The highest BCUT2D eigenvalue weighted by molar-refractivity contribution is 7.07. The highest BCUT2D eigenvalue weighted by Crippen LogP contribution is 2.23. The summed E-state index contributed by atoms with van der Waals surface area (Å²) < 4.78 is 6.63. The molecule has 0 unspecified atom stereocenters. The number of hydrogen-bond acceptors (Lipinski definition) is 4. The molecule has 1 saturated heterocycles. The van der Waals surface area contributed by atoms with Crippen LogP contribution in [0.3, 0.4) is 0 Å². The molecule has 22 heavy (non-hydrogen) atoms. The Kier molecular flexibility index (Phi) is 4.02. The Morgan fingerprint density at radius 3 is 2.86 bits per heavy atom. The van der Waals surface area contributed by atoms with Crippen LogP contribution in [0.25, 0.3) is 0 Å². The van der Waals surface area contributed by atoms with Crippen molar-refractivity contribution in [1.82, 2.24) is 9.47 Å². The van der Waals surface area contributed by atoms with Gasteiger partial charge in [0, 0.05) is 26.2 Å². The van der Waals surface area contributed by atoms with Gasteiger partial charge in [0.15, 0.2) is 5.75 Å². The predicted octanol–water partition coefficient (Wildman–Crippen LogP) is 1.77. The summed E-state index contributed by atoms with van der Waals surface area (Å²) in [6.45, 7) is 1.49. The zero-order chi connectivity index (χ0) is 15.7. The number of methoxy groups -OCH3 is 1. The standard InChI is InChI=1S/C16H18N2O3S/c1-17-9-15(21-2)14(19)6-13(17)16(20)18-7-12(8-18)5-11-3-4-22-10-11/h3-4,6,9-10,12H,5,7-8H2,1-2H3. The molecule has 0 saturated carbocycles. The molecule has 0 radical (unpaired) electrons. The average molecular weight is 318 g/mol. The van der Waals surface area contributed by atoms with E-state index in [0.29, 0.717) is 11.6 Å². The maximum absolute atomic E-state index is 12.5. The van der Waals surface area contributed by atoms with Crippen LogP contribution >= 0.6 is 11.3 Å². The van der Waals surface area contributed by atoms with E-state index >= 15 is 0 Å². The van der Waals surface area contributed by atoms with Gasteiger partial charge in [-0.2, -0.15) is 11.3 Å². The smallest absolute Gasteiger partial charge is 0.270 e. The molecular weight excluding hydrogens is 300 g/mol. The van der Waals surface area contributed by atoms with E-state index in [9.17, 15) is 9.59 Å². The number of rotatable bonds is 4. The van der Waals surface area contributed by atoms with Crippen LogP contribution in [0, 0.1) is 5.92 Å². The molecule has 3 rings (SSSR count). The van der Waals surface area contributed by atoms with Crippen LogP contribution < -0.4 is 10.2 Å². The van der Waals surface area contributed by atoms with Crippen molar-refractivity contribution >= 4 is 17.2 Å². The van der Waals surface area contributed by atoms with Gasteiger partial charge >= 0.3 is 0 Å². The Morgan fingerprint density at radius 2 is 2.23 bits per heavy atom. The third kappa shape index (κ3) is 2.78. The molecule has 1 aliphatic heterocycles. The fourth-order valence-electron chi connectivity index (χ4n) is 2.74. The molecule has 116 valence electrons. The number of hydrogen-bond donors (Lipinski definition) is 0. The molecule has 2 aromatic heterocycles. The van der Waals surface area contributed by atoms with E-state index in [0.717, 1.165) is 19.5 Å². The van der Waals surface area contributed by atoms with E-state index < -0.39 is 0 Å². The lowest BCUT2D eigenvalue weighted by molar-refractivity contribution is 0.0490. The lowest BCUT2D eigenvalue weighted by Gasteiger charge is -2.39. The van der Waals surface area contributed by atoms with E-state index in [4.69, 9.17) is 4.74 Å². The first-order valence-corrected chi connectivity index (χ1v) is 8.07. The van der Waals surface area contributed by atoms with Gasteiger partial charge in [-0.1, -0.05) is 0 Å². The zero-order valence-electron chi connectivity index (χ0n) is 12.6. The minimum Gasteiger partial charge on any atom is -0.491 e. The predicted molar refractivity (Wildman–Crippen MR) is 85.7 cm³/mol. The van der Waals surface area contributed by atoms with E-state index in [2.05, 4.69) is 16.8 Å². The van der Waals surface area contributed by atoms with E-state index in [-0.39, 0.29) is 17.1 Å². The van der Waals surface area contributed by atoms with Crippen LogP contribution in [0.1, 0.15) is 16.1 Å². The third-order valence-electron chi connectivity index (χ3n) is 3.99. The number of amides is 1. The number of carbonyl (C=O) groups is 1. The second-order valence-electron chi connectivity index (χ2n) is 5.61. The number of ether oxygens (including phenoxy) is 1. The van der Waals surface area contributed by atoms with E-state index in [1.165, 1.54) is 18.7 Å². The van der Waals surface area contributed by atoms with Crippen molar-refractivity contribution in [2.75, 3.05) is 20.2 Å². The number of thiophene rings is 1. The maximum atomic E-state index is 12.5. The zero-order valence-corrected chi connectivity index (χ0v) is 13.4. The molecule has 5 nitrogen and oxygen atoms in total. The first-order chi connectivity index (χ1) is 10.6. The minimum atomic E-state index is -0.265. The third-order valence-corrected chi connectivity index (χ3v) is 4.72. The summed E-state index contributed by atoms with van der Waals surface area (Å²) in [6, 6.07) is 3.48. The van der Waals surface area contributed by atoms with Crippen LogP contribution in [-0.4, -0.2) is 35.6 Å². The largest absolute Gasteiger partial charge is 0.491 e. The summed E-state index contributed by atoms with van der Waals surface area (Å²) >= 11 is 1.70. The molecule has 1 amide bonds. The van der Waals surface area contributed by atoms with Crippen LogP contribution in [-0.2, 0) is 13.5 Å². The summed E-state index contributed by atoms with van der Waals surface area (Å²) in [4.78, 5) is 26.1. The fourth-order valence-corrected chi connectivity index (χ4v) is 3.42. The SMILES string of the molecule is COc1cn(C)c(C(=O)N2CC(Cc3ccsc3)C2)cc1=O. The minimum absolute atomic E-state index is 0.0937. The molecule has 0 aliphatic carbocycles. The van der Waals surface area contributed by atoms with Crippen molar-refractivity contribution in [3.63, 3.8) is 0 Å². The molecular formula is C16H18N2O3S. The van der Waals surface area contributed by atoms with Gasteiger partial charge in [-0.25, -0.2) is 0 Å². The highest BCUT2D eigenvalue weighted by Gasteiger charge is 2.32. The van der Waals surface area contributed by atoms with E-state index in [1.54, 1.807) is 34.0 Å². The topological polar surface area (TPSA) is 51.5 Å². The number of aromatic nitrogens is 1. The summed E-state index contributed by atoms with van der Waals surface area (Å²) in [5.74, 6) is 0.663. The van der Waals surface area contributed by atoms with Crippen molar-refractivity contribution in [3.8, 4) is 5.75 Å². The highest BCUT2D eigenvalue weighted by atomic mass is 32.1. The molecule has 0 bridgehead atoms. The van der Waals surface area contributed by atoms with Crippen molar-refractivity contribution in [2.45, 2.75) is 6.42 Å². The molecule has 1 fully saturated rings. The molecule has 2 aromatic rings. The normalized spacial score (nSPS) is 14.7. The van der Waals surface area contributed by atoms with Gasteiger partial charge in [0.1, 0.15) is 5.69 Å². The molecule has 3 heterocycles. The molecule has 0 N–H and O–H groups in total. The summed E-state index contributed by atoms with van der Waals surface area (Å²) in [7, 11) is 3.19. The Morgan fingerprint density at radius 1 is 1.45 bits per heavy atom. The number of aryl methyl sites for hydroxylation is 1. The lowest BCUT2D eigenvalue weighted by Crippen LogP contribution is -2.51. The number of pyridine rings is 1. The van der Waals surface area contributed by atoms with Crippen LogP contribution in [0.5, 0.6) is 5.75 Å². The van der Waals surface area contributed by atoms with E-state index in [1.807, 2.05) is 0 Å². The summed E-state index contributed by atoms with van der Waals surface area (Å²) in [5.41, 5.74) is 1.47. The molecule has 0 aromatic carbocycles. The van der Waals surface area contributed by atoms with Crippen LogP contribution in [0.2, 0.25) is 0 Å². The van der Waals surface area contributed by atoms with Gasteiger partial charge in [-0.05, 0) is 34.7 Å². The molecule has 0 spiro atoms.